The van der Waals surface area contributed by atoms with Gasteiger partial charge in [0.05, 0.1) is 0 Å². The van der Waals surface area contributed by atoms with Crippen LogP contribution in [0.2, 0.25) is 0 Å². The van der Waals surface area contributed by atoms with Crippen molar-refractivity contribution in [2.45, 2.75) is 20.0 Å². The summed E-state index contributed by atoms with van der Waals surface area (Å²) in [5.41, 5.74) is 1.07. The first-order valence-electron chi connectivity index (χ1n) is 4.69. The molecule has 0 N–H and O–H groups in total. The van der Waals surface area contributed by atoms with E-state index in [1.807, 2.05) is 43.3 Å². The van der Waals surface area contributed by atoms with Gasteiger partial charge in [-0.25, -0.2) is 0 Å². The Labute approximate surface area is 98.1 Å². The fourth-order valence-electron chi connectivity index (χ4n) is 1.20. The van der Waals surface area contributed by atoms with E-state index in [4.69, 9.17) is 4.74 Å². The van der Waals surface area contributed by atoms with Crippen molar-refractivity contribution in [2.24, 2.45) is 0 Å². The number of rotatable bonds is 3. The number of benzene rings is 1. The maximum absolute atomic E-state index is 10.7. The fourth-order valence-corrected chi connectivity index (χ4v) is 1.83. The van der Waals surface area contributed by atoms with Crippen molar-refractivity contribution in [1.29, 1.82) is 0 Å². The Kier molecular flexibility index (Phi) is 4.56. The molecule has 3 heteroatoms. The van der Waals surface area contributed by atoms with Gasteiger partial charge in [0.2, 0.25) is 0 Å². The first-order chi connectivity index (χ1) is 7.09. The highest BCUT2D eigenvalue weighted by Crippen LogP contribution is 2.21. The molecule has 0 aromatic heterocycles. The Balaban J connectivity index is 2.71. The molecule has 0 amide bonds. The van der Waals surface area contributed by atoms with E-state index in [1.54, 1.807) is 0 Å². The minimum absolute atomic E-state index is 0.225. The largest absolute Gasteiger partial charge is 0.459 e. The zero-order valence-corrected chi connectivity index (χ0v) is 10.3. The Bertz CT molecular complexity index is 357. The number of hydrogen-bond acceptors (Lipinski definition) is 2. The second-order valence-corrected chi connectivity index (χ2v) is 4.05. The highest BCUT2D eigenvalue weighted by atomic mass is 79.9. The predicted molar refractivity (Wildman–Crippen MR) is 64.6 cm³/mol. The maximum atomic E-state index is 10.7. The highest BCUT2D eigenvalue weighted by molar-refractivity contribution is 9.15. The number of hydrogen-bond donors (Lipinski definition) is 0. The van der Waals surface area contributed by atoms with Gasteiger partial charge in [0.25, 0.3) is 0 Å². The average molecular weight is 269 g/mol. The van der Waals surface area contributed by atoms with Crippen LogP contribution in [0.4, 0.5) is 0 Å². The SMILES string of the molecule is CC(=O)OC(C)C=C(Br)c1ccccc1. The van der Waals surface area contributed by atoms with Crippen molar-refractivity contribution in [2.75, 3.05) is 0 Å². The minimum atomic E-state index is -0.271. The molecule has 1 unspecified atom stereocenters. The van der Waals surface area contributed by atoms with Crippen LogP contribution in [0, 0.1) is 0 Å². The Hall–Kier alpha value is -1.09. The van der Waals surface area contributed by atoms with Crippen LogP contribution in [0.3, 0.4) is 0 Å². The summed E-state index contributed by atoms with van der Waals surface area (Å²) in [6, 6.07) is 9.85. The Morgan fingerprint density at radius 3 is 2.53 bits per heavy atom. The van der Waals surface area contributed by atoms with Gasteiger partial charge in [-0.3, -0.25) is 4.79 Å². The Morgan fingerprint density at radius 1 is 1.40 bits per heavy atom. The molecule has 1 aromatic rings. The molecule has 2 nitrogen and oxygen atoms in total. The molecule has 0 aliphatic carbocycles. The van der Waals surface area contributed by atoms with Crippen molar-refractivity contribution < 1.29 is 9.53 Å². The van der Waals surface area contributed by atoms with Crippen LogP contribution in [-0.4, -0.2) is 12.1 Å². The van der Waals surface area contributed by atoms with Gasteiger partial charge in [0.1, 0.15) is 6.10 Å². The van der Waals surface area contributed by atoms with Crippen LogP contribution in [-0.2, 0) is 9.53 Å². The summed E-state index contributed by atoms with van der Waals surface area (Å²) in [5, 5.41) is 0. The quantitative estimate of drug-likeness (QED) is 0.786. The number of carbonyl (C=O) groups is 1. The van der Waals surface area contributed by atoms with Gasteiger partial charge in [-0.2, -0.15) is 0 Å². The molecule has 0 fully saturated rings. The summed E-state index contributed by atoms with van der Waals surface area (Å²) in [6.45, 7) is 3.23. The fraction of sp³-hybridized carbons (Fsp3) is 0.250. The van der Waals surface area contributed by atoms with Gasteiger partial charge in [-0.15, -0.1) is 0 Å². The number of esters is 1. The molecule has 1 aromatic carbocycles. The molecule has 0 saturated heterocycles. The first-order valence-corrected chi connectivity index (χ1v) is 5.49. The van der Waals surface area contributed by atoms with E-state index in [0.717, 1.165) is 10.0 Å². The van der Waals surface area contributed by atoms with Gasteiger partial charge >= 0.3 is 5.97 Å². The molecular formula is C12H13BrO2. The highest BCUT2D eigenvalue weighted by Gasteiger charge is 2.03. The summed E-state index contributed by atoms with van der Waals surface area (Å²) in [7, 11) is 0. The average Bonchev–Trinajstić information content (AvgIpc) is 2.17. The van der Waals surface area contributed by atoms with Crippen LogP contribution >= 0.6 is 15.9 Å². The van der Waals surface area contributed by atoms with Gasteiger partial charge in [-0.1, -0.05) is 46.3 Å². The van der Waals surface area contributed by atoms with E-state index in [1.165, 1.54) is 6.92 Å². The lowest BCUT2D eigenvalue weighted by Crippen LogP contribution is -2.09. The van der Waals surface area contributed by atoms with Crippen molar-refractivity contribution in [3.05, 3.63) is 42.0 Å². The molecule has 0 aliphatic heterocycles. The third-order valence-corrected chi connectivity index (χ3v) is 2.50. The topological polar surface area (TPSA) is 26.3 Å². The summed E-state index contributed by atoms with van der Waals surface area (Å²) in [5.74, 6) is -0.271. The van der Waals surface area contributed by atoms with Gasteiger partial charge in [0.15, 0.2) is 0 Å². The third-order valence-electron chi connectivity index (χ3n) is 1.78. The second-order valence-electron chi connectivity index (χ2n) is 3.20. The summed E-state index contributed by atoms with van der Waals surface area (Å²) in [4.78, 5) is 10.7. The van der Waals surface area contributed by atoms with Crippen molar-refractivity contribution in [3.63, 3.8) is 0 Å². The molecular weight excluding hydrogens is 256 g/mol. The predicted octanol–water partition coefficient (Wildman–Crippen LogP) is 3.37. The Morgan fingerprint density at radius 2 is 2.00 bits per heavy atom. The second kappa shape index (κ2) is 5.71. The molecule has 1 rings (SSSR count). The van der Waals surface area contributed by atoms with Crippen LogP contribution in [0.1, 0.15) is 19.4 Å². The molecule has 0 spiro atoms. The molecule has 0 heterocycles. The van der Waals surface area contributed by atoms with E-state index in [2.05, 4.69) is 15.9 Å². The summed E-state index contributed by atoms with van der Waals surface area (Å²) >= 11 is 3.45. The molecule has 0 aliphatic rings. The van der Waals surface area contributed by atoms with Gasteiger partial charge < -0.3 is 4.74 Å². The summed E-state index contributed by atoms with van der Waals surface area (Å²) < 4.78 is 5.92. The number of halogens is 1. The standard InChI is InChI=1S/C12H13BrO2/c1-9(15-10(2)14)8-12(13)11-6-4-3-5-7-11/h3-9H,1-2H3. The van der Waals surface area contributed by atoms with E-state index in [0.29, 0.717) is 0 Å². The zero-order valence-electron chi connectivity index (χ0n) is 8.74. The van der Waals surface area contributed by atoms with E-state index in [-0.39, 0.29) is 12.1 Å². The molecule has 80 valence electrons. The maximum Gasteiger partial charge on any atom is 0.303 e. The normalized spacial score (nSPS) is 13.4. The van der Waals surface area contributed by atoms with Crippen molar-refractivity contribution in [3.8, 4) is 0 Å². The molecule has 0 radical (unpaired) electrons. The third kappa shape index (κ3) is 4.30. The minimum Gasteiger partial charge on any atom is -0.459 e. The lowest BCUT2D eigenvalue weighted by atomic mass is 10.2. The van der Waals surface area contributed by atoms with Crippen LogP contribution < -0.4 is 0 Å². The van der Waals surface area contributed by atoms with Crippen LogP contribution in [0.25, 0.3) is 4.48 Å². The first kappa shape index (κ1) is 12.0. The zero-order chi connectivity index (χ0) is 11.3. The molecule has 0 saturated carbocycles. The molecule has 15 heavy (non-hydrogen) atoms. The van der Waals surface area contributed by atoms with Gasteiger partial charge in [-0.05, 0) is 18.6 Å². The van der Waals surface area contributed by atoms with Gasteiger partial charge in [0, 0.05) is 11.4 Å². The van der Waals surface area contributed by atoms with Crippen LogP contribution in [0.5, 0.6) is 0 Å². The van der Waals surface area contributed by atoms with E-state index >= 15 is 0 Å². The van der Waals surface area contributed by atoms with Crippen molar-refractivity contribution >= 4 is 26.4 Å². The van der Waals surface area contributed by atoms with E-state index < -0.39 is 0 Å². The lowest BCUT2D eigenvalue weighted by Gasteiger charge is -2.08. The van der Waals surface area contributed by atoms with Crippen LogP contribution in [0.15, 0.2) is 36.4 Å². The number of ether oxygens (including phenoxy) is 1. The van der Waals surface area contributed by atoms with E-state index in [9.17, 15) is 4.79 Å². The number of carbonyl (C=O) groups excluding carboxylic acids is 1. The monoisotopic (exact) mass is 268 g/mol. The smallest absolute Gasteiger partial charge is 0.303 e. The lowest BCUT2D eigenvalue weighted by molar-refractivity contribution is -0.143. The van der Waals surface area contributed by atoms with Crippen molar-refractivity contribution in [1.82, 2.24) is 0 Å². The molecule has 1 atom stereocenters. The molecule has 0 bridgehead atoms. The summed E-state index contributed by atoms with van der Waals surface area (Å²) in [6.07, 6.45) is 1.63.